The quantitative estimate of drug-likeness (QED) is 0.782. The topological polar surface area (TPSA) is 75.6 Å². The molecule has 5 nitrogen and oxygen atoms in total. The number of carbonyl (C=O) groups excluding carboxylic acids is 1. The predicted molar refractivity (Wildman–Crippen MR) is 93.7 cm³/mol. The molecule has 0 heterocycles. The zero-order valence-electron chi connectivity index (χ0n) is 14.2. The lowest BCUT2D eigenvalue weighted by Crippen LogP contribution is -2.35. The first-order valence-electron chi connectivity index (χ1n) is 8.14. The van der Waals surface area contributed by atoms with Crippen molar-refractivity contribution in [3.05, 3.63) is 64.2 Å². The highest BCUT2D eigenvalue weighted by Gasteiger charge is 2.46. The third kappa shape index (κ3) is 3.88. The molecule has 27 heavy (non-hydrogen) atoms. The van der Waals surface area contributed by atoms with Gasteiger partial charge in [-0.15, -0.1) is 0 Å². The second kappa shape index (κ2) is 7.52. The number of methoxy groups -OCH3 is 1. The van der Waals surface area contributed by atoms with Gasteiger partial charge in [-0.25, -0.2) is 13.6 Å². The molecule has 0 aliphatic heterocycles. The van der Waals surface area contributed by atoms with Crippen LogP contribution in [-0.4, -0.2) is 24.1 Å². The lowest BCUT2D eigenvalue weighted by atomic mass is 10.1. The molecule has 1 amide bonds. The molecule has 3 atom stereocenters. The van der Waals surface area contributed by atoms with Crippen LogP contribution < -0.4 is 10.1 Å². The van der Waals surface area contributed by atoms with E-state index < -0.39 is 41.4 Å². The summed E-state index contributed by atoms with van der Waals surface area (Å²) in [6.45, 7) is 0. The summed E-state index contributed by atoms with van der Waals surface area (Å²) in [5.74, 6) is -4.47. The molecule has 2 aromatic rings. The Hall–Kier alpha value is -2.67. The Morgan fingerprint density at radius 3 is 2.67 bits per heavy atom. The lowest BCUT2D eigenvalue weighted by molar-refractivity contribution is -0.142. The number of nitrogens with one attached hydrogen (secondary N) is 1. The van der Waals surface area contributed by atoms with E-state index in [4.69, 9.17) is 16.3 Å². The zero-order chi connectivity index (χ0) is 19.7. The average Bonchev–Trinajstić information content (AvgIpc) is 3.42. The van der Waals surface area contributed by atoms with E-state index in [1.165, 1.54) is 37.4 Å². The maximum Gasteiger partial charge on any atom is 0.330 e. The Balaban J connectivity index is 1.74. The summed E-state index contributed by atoms with van der Waals surface area (Å²) in [7, 11) is 1.43. The van der Waals surface area contributed by atoms with Crippen LogP contribution in [0.15, 0.2) is 36.4 Å². The first kappa shape index (κ1) is 19.1. The number of ether oxygens (including phenoxy) is 1. The molecule has 0 aromatic heterocycles. The van der Waals surface area contributed by atoms with E-state index in [0.717, 1.165) is 6.07 Å². The van der Waals surface area contributed by atoms with E-state index in [2.05, 4.69) is 5.32 Å². The standard InChI is InChI=1S/C19H16ClF2NO4/c1-27-15-6-5-9(7-13(15)20)17(19(25)26)23-18(24)12-8-11(12)10-3-2-4-14(21)16(10)22/h2-7,11-12,17H,8H2,1H3,(H,23,24)(H,25,26). The van der Waals surface area contributed by atoms with E-state index in [-0.39, 0.29) is 16.1 Å². The van der Waals surface area contributed by atoms with Crippen molar-refractivity contribution in [3.63, 3.8) is 0 Å². The van der Waals surface area contributed by atoms with Crippen LogP contribution in [-0.2, 0) is 9.59 Å². The molecule has 1 saturated carbocycles. The van der Waals surface area contributed by atoms with Crippen molar-refractivity contribution in [1.29, 1.82) is 0 Å². The molecule has 0 bridgehead atoms. The number of hydrogen-bond acceptors (Lipinski definition) is 3. The number of amides is 1. The van der Waals surface area contributed by atoms with E-state index in [0.29, 0.717) is 12.2 Å². The summed E-state index contributed by atoms with van der Waals surface area (Å²) in [6.07, 6.45) is 0.321. The van der Waals surface area contributed by atoms with Crippen LogP contribution >= 0.6 is 11.6 Å². The number of benzene rings is 2. The molecule has 3 unspecified atom stereocenters. The molecule has 0 saturated heterocycles. The third-order valence-electron chi connectivity index (χ3n) is 4.55. The van der Waals surface area contributed by atoms with Gasteiger partial charge in [-0.1, -0.05) is 29.8 Å². The minimum absolute atomic E-state index is 0.120. The molecular weight excluding hydrogens is 380 g/mol. The maximum atomic E-state index is 13.9. The average molecular weight is 396 g/mol. The highest BCUT2D eigenvalue weighted by Crippen LogP contribution is 2.48. The molecule has 2 N–H and O–H groups in total. The van der Waals surface area contributed by atoms with Crippen LogP contribution in [0.4, 0.5) is 8.78 Å². The second-order valence-corrected chi connectivity index (χ2v) is 6.67. The molecule has 8 heteroatoms. The maximum absolute atomic E-state index is 13.9. The highest BCUT2D eigenvalue weighted by molar-refractivity contribution is 6.32. The Morgan fingerprint density at radius 2 is 2.04 bits per heavy atom. The molecule has 1 fully saturated rings. The smallest absolute Gasteiger partial charge is 0.330 e. The molecule has 2 aromatic carbocycles. The predicted octanol–water partition coefficient (Wildman–Crippen LogP) is 3.67. The Kier molecular flexibility index (Phi) is 5.32. The molecule has 142 valence electrons. The first-order chi connectivity index (χ1) is 12.8. The number of rotatable bonds is 6. The van der Waals surface area contributed by atoms with E-state index in [1.807, 2.05) is 0 Å². The number of aliphatic carboxylic acids is 1. The third-order valence-corrected chi connectivity index (χ3v) is 4.85. The van der Waals surface area contributed by atoms with Gasteiger partial charge in [0.1, 0.15) is 5.75 Å². The summed E-state index contributed by atoms with van der Waals surface area (Å²) < 4.78 is 32.3. The monoisotopic (exact) mass is 395 g/mol. The van der Waals surface area contributed by atoms with Gasteiger partial charge >= 0.3 is 5.97 Å². The van der Waals surface area contributed by atoms with E-state index in [1.54, 1.807) is 0 Å². The van der Waals surface area contributed by atoms with Gasteiger partial charge in [0.05, 0.1) is 12.1 Å². The van der Waals surface area contributed by atoms with E-state index in [9.17, 15) is 23.5 Å². The molecule has 3 rings (SSSR count). The van der Waals surface area contributed by atoms with Gasteiger partial charge in [-0.2, -0.15) is 0 Å². The minimum Gasteiger partial charge on any atom is -0.495 e. The van der Waals surface area contributed by atoms with Gasteiger partial charge in [0.15, 0.2) is 17.7 Å². The van der Waals surface area contributed by atoms with Crippen molar-refractivity contribution in [2.45, 2.75) is 18.4 Å². The normalized spacial score (nSPS) is 19.3. The van der Waals surface area contributed by atoms with Crippen LogP contribution in [0.5, 0.6) is 5.75 Å². The van der Waals surface area contributed by atoms with Gasteiger partial charge in [0.25, 0.3) is 0 Å². The van der Waals surface area contributed by atoms with Crippen LogP contribution in [0.25, 0.3) is 0 Å². The SMILES string of the molecule is COc1ccc(C(NC(=O)C2CC2c2cccc(F)c2F)C(=O)O)cc1Cl. The van der Waals surface area contributed by atoms with Crippen LogP contribution in [0, 0.1) is 17.6 Å². The Bertz CT molecular complexity index is 905. The molecule has 0 radical (unpaired) electrons. The second-order valence-electron chi connectivity index (χ2n) is 6.27. The fraction of sp³-hybridized carbons (Fsp3) is 0.263. The summed E-state index contributed by atoms with van der Waals surface area (Å²) in [5, 5.41) is 12.1. The molecular formula is C19H16ClF2NO4. The number of carbonyl (C=O) groups is 2. The number of halogens is 3. The van der Waals surface area contributed by atoms with Crippen molar-refractivity contribution in [2.75, 3.05) is 7.11 Å². The fourth-order valence-electron chi connectivity index (χ4n) is 3.03. The fourth-order valence-corrected chi connectivity index (χ4v) is 3.30. The molecule has 1 aliphatic rings. The van der Waals surface area contributed by atoms with Crippen molar-refractivity contribution >= 4 is 23.5 Å². The van der Waals surface area contributed by atoms with Gasteiger partial charge in [-0.05, 0) is 41.7 Å². The van der Waals surface area contributed by atoms with Gasteiger partial charge in [0, 0.05) is 5.92 Å². The lowest BCUT2D eigenvalue weighted by Gasteiger charge is -2.16. The van der Waals surface area contributed by atoms with Crippen LogP contribution in [0.3, 0.4) is 0 Å². The summed E-state index contributed by atoms with van der Waals surface area (Å²) in [4.78, 5) is 24.0. The first-order valence-corrected chi connectivity index (χ1v) is 8.51. The number of carboxylic acid groups (broad SMARTS) is 1. The summed E-state index contributed by atoms with van der Waals surface area (Å²) in [5.41, 5.74) is 0.394. The highest BCUT2D eigenvalue weighted by atomic mass is 35.5. The summed E-state index contributed by atoms with van der Waals surface area (Å²) >= 11 is 6.02. The molecule has 0 spiro atoms. The van der Waals surface area contributed by atoms with Gasteiger partial charge in [-0.3, -0.25) is 4.79 Å². The minimum atomic E-state index is -1.32. The van der Waals surface area contributed by atoms with Crippen molar-refractivity contribution in [2.24, 2.45) is 5.92 Å². The number of carboxylic acids is 1. The number of hydrogen-bond donors (Lipinski definition) is 2. The van der Waals surface area contributed by atoms with Crippen LogP contribution in [0.1, 0.15) is 29.5 Å². The van der Waals surface area contributed by atoms with E-state index >= 15 is 0 Å². The molecule has 1 aliphatic carbocycles. The van der Waals surface area contributed by atoms with Crippen molar-refractivity contribution in [1.82, 2.24) is 5.32 Å². The Morgan fingerprint density at radius 1 is 1.30 bits per heavy atom. The van der Waals surface area contributed by atoms with Gasteiger partial charge in [0.2, 0.25) is 5.91 Å². The van der Waals surface area contributed by atoms with Crippen LogP contribution in [0.2, 0.25) is 5.02 Å². The largest absolute Gasteiger partial charge is 0.495 e. The van der Waals surface area contributed by atoms with Crippen molar-refractivity contribution in [3.8, 4) is 5.75 Å². The van der Waals surface area contributed by atoms with Crippen molar-refractivity contribution < 1.29 is 28.2 Å². The zero-order valence-corrected chi connectivity index (χ0v) is 15.0. The Labute approximate surface area is 158 Å². The van der Waals surface area contributed by atoms with Gasteiger partial charge < -0.3 is 15.2 Å². The summed E-state index contributed by atoms with van der Waals surface area (Å²) in [6, 6.07) is 6.87.